The highest BCUT2D eigenvalue weighted by Gasteiger charge is 2.28. The van der Waals surface area contributed by atoms with Crippen molar-refractivity contribution in [3.8, 4) is 0 Å². The van der Waals surface area contributed by atoms with Gasteiger partial charge in [-0.05, 0) is 12.1 Å². The summed E-state index contributed by atoms with van der Waals surface area (Å²) >= 11 is 1.40. The molecule has 0 spiro atoms. The number of thioether (sulfide) groups is 1. The summed E-state index contributed by atoms with van der Waals surface area (Å²) in [5, 5.41) is 16.8. The molecule has 0 saturated carbocycles. The Hall–Kier alpha value is -1.49. The molecule has 1 aliphatic heterocycles. The van der Waals surface area contributed by atoms with E-state index in [1.165, 1.54) is 11.8 Å². The highest BCUT2D eigenvalue weighted by atomic mass is 32.2. The third-order valence-electron chi connectivity index (χ3n) is 2.55. The highest BCUT2D eigenvalue weighted by molar-refractivity contribution is 8.00. The van der Waals surface area contributed by atoms with Crippen molar-refractivity contribution in [1.82, 2.24) is 10.2 Å². The number of carboxylic acids is 1. The number of rotatable bonds is 1. The maximum atomic E-state index is 10.9. The number of H-pyrrole nitrogens is 1. The molecule has 1 aromatic heterocycles. The minimum absolute atomic E-state index is 0.411. The molecule has 2 N–H and O–H groups in total. The largest absolute Gasteiger partial charge is 0.480 e. The second kappa shape index (κ2) is 3.00. The van der Waals surface area contributed by atoms with Gasteiger partial charge in [-0.25, -0.2) is 0 Å². The molecule has 4 nitrogen and oxygen atoms in total. The first-order valence-corrected chi connectivity index (χ1v) is 5.49. The van der Waals surface area contributed by atoms with Crippen LogP contribution in [0, 0.1) is 0 Å². The van der Waals surface area contributed by atoms with E-state index >= 15 is 0 Å². The zero-order valence-corrected chi connectivity index (χ0v) is 8.54. The lowest BCUT2D eigenvalue weighted by Gasteiger charge is -2.16. The van der Waals surface area contributed by atoms with E-state index in [0.29, 0.717) is 6.42 Å². The number of nitrogens with zero attached hydrogens (tertiary/aromatic N) is 1. The first kappa shape index (κ1) is 8.79. The van der Waals surface area contributed by atoms with Crippen LogP contribution in [0.4, 0.5) is 0 Å². The molecule has 0 radical (unpaired) electrons. The van der Waals surface area contributed by atoms with E-state index in [4.69, 9.17) is 5.11 Å². The Morgan fingerprint density at radius 2 is 2.47 bits per heavy atom. The van der Waals surface area contributed by atoms with Crippen LogP contribution in [0.2, 0.25) is 0 Å². The lowest BCUT2D eigenvalue weighted by Crippen LogP contribution is -2.21. The molecule has 0 bridgehead atoms. The van der Waals surface area contributed by atoms with Crippen molar-refractivity contribution >= 4 is 28.6 Å². The van der Waals surface area contributed by atoms with Crippen LogP contribution >= 0.6 is 11.8 Å². The van der Waals surface area contributed by atoms with Gasteiger partial charge in [-0.3, -0.25) is 9.89 Å². The van der Waals surface area contributed by atoms with Crippen molar-refractivity contribution in [3.63, 3.8) is 0 Å². The van der Waals surface area contributed by atoms with Crippen LogP contribution in [0.5, 0.6) is 0 Å². The second-order valence-corrected chi connectivity index (χ2v) is 4.74. The molecule has 76 valence electrons. The molecule has 1 aliphatic rings. The Bertz CT molecular complexity index is 549. The normalized spacial score (nSPS) is 19.3. The van der Waals surface area contributed by atoms with Crippen molar-refractivity contribution in [1.29, 1.82) is 0 Å². The Labute approximate surface area is 89.7 Å². The third kappa shape index (κ3) is 1.23. The number of hydrogen-bond donors (Lipinski definition) is 2. The molecule has 15 heavy (non-hydrogen) atoms. The van der Waals surface area contributed by atoms with Crippen LogP contribution in [-0.2, 0) is 11.2 Å². The van der Waals surface area contributed by atoms with E-state index in [1.54, 1.807) is 0 Å². The minimum Gasteiger partial charge on any atom is -0.480 e. The average Bonchev–Trinajstić information content (AvgIpc) is 2.64. The number of carboxylic acid groups (broad SMARTS) is 1. The molecule has 2 heterocycles. The number of aromatic amines is 1. The maximum Gasteiger partial charge on any atom is 0.317 e. The van der Waals surface area contributed by atoms with Gasteiger partial charge in [0.2, 0.25) is 0 Å². The van der Waals surface area contributed by atoms with Crippen LogP contribution in [-0.4, -0.2) is 26.5 Å². The van der Waals surface area contributed by atoms with Crippen molar-refractivity contribution < 1.29 is 9.90 Å². The zero-order chi connectivity index (χ0) is 10.4. The molecule has 0 aliphatic carbocycles. The van der Waals surface area contributed by atoms with Crippen molar-refractivity contribution in [2.45, 2.75) is 16.6 Å². The summed E-state index contributed by atoms with van der Waals surface area (Å²) in [7, 11) is 0. The van der Waals surface area contributed by atoms with Gasteiger partial charge in [-0.2, -0.15) is 5.10 Å². The van der Waals surface area contributed by atoms with Crippen LogP contribution < -0.4 is 0 Å². The fourth-order valence-corrected chi connectivity index (χ4v) is 3.01. The second-order valence-electron chi connectivity index (χ2n) is 3.50. The molecule has 0 fully saturated rings. The van der Waals surface area contributed by atoms with Gasteiger partial charge in [0.15, 0.2) is 0 Å². The van der Waals surface area contributed by atoms with Gasteiger partial charge < -0.3 is 5.11 Å². The topological polar surface area (TPSA) is 66.0 Å². The first-order chi connectivity index (χ1) is 7.25. The molecule has 5 heteroatoms. The summed E-state index contributed by atoms with van der Waals surface area (Å²) in [5.74, 6) is -0.773. The number of aliphatic carboxylic acids is 1. The van der Waals surface area contributed by atoms with Crippen LogP contribution in [0.3, 0.4) is 0 Å². The van der Waals surface area contributed by atoms with E-state index in [-0.39, 0.29) is 0 Å². The average molecular weight is 220 g/mol. The summed E-state index contributed by atoms with van der Waals surface area (Å²) in [4.78, 5) is 12.0. The Morgan fingerprint density at radius 3 is 3.27 bits per heavy atom. The predicted molar refractivity (Wildman–Crippen MR) is 57.1 cm³/mol. The highest BCUT2D eigenvalue weighted by Crippen LogP contribution is 2.38. The van der Waals surface area contributed by atoms with Gasteiger partial charge in [-0.15, -0.1) is 11.8 Å². The lowest BCUT2D eigenvalue weighted by atomic mass is 10.1. The molecule has 1 unspecified atom stereocenters. The van der Waals surface area contributed by atoms with E-state index in [0.717, 1.165) is 21.5 Å². The molecule has 0 amide bonds. The van der Waals surface area contributed by atoms with Crippen LogP contribution in [0.15, 0.2) is 23.1 Å². The van der Waals surface area contributed by atoms with Gasteiger partial charge in [0, 0.05) is 16.7 Å². The van der Waals surface area contributed by atoms with Gasteiger partial charge in [0.25, 0.3) is 0 Å². The molecular formula is C10H8N2O2S. The molecule has 3 rings (SSSR count). The molecule has 2 aromatic rings. The van der Waals surface area contributed by atoms with Crippen molar-refractivity contribution in [2.75, 3.05) is 0 Å². The third-order valence-corrected chi connectivity index (χ3v) is 3.80. The zero-order valence-electron chi connectivity index (χ0n) is 7.73. The summed E-state index contributed by atoms with van der Waals surface area (Å²) in [6.07, 6.45) is 0.497. The van der Waals surface area contributed by atoms with Crippen molar-refractivity contribution in [3.05, 3.63) is 23.9 Å². The monoisotopic (exact) mass is 220 g/mol. The minimum atomic E-state index is -0.773. The fraction of sp³-hybridized carbons (Fsp3) is 0.200. The number of hydrogen-bond acceptors (Lipinski definition) is 3. The Kier molecular flexibility index (Phi) is 1.76. The van der Waals surface area contributed by atoms with Gasteiger partial charge in [0.1, 0.15) is 5.25 Å². The van der Waals surface area contributed by atoms with Crippen LogP contribution in [0.25, 0.3) is 10.9 Å². The fourth-order valence-electron chi connectivity index (χ4n) is 1.86. The van der Waals surface area contributed by atoms with Gasteiger partial charge >= 0.3 is 5.97 Å². The number of benzene rings is 1. The summed E-state index contributed by atoms with van der Waals surface area (Å²) in [5.41, 5.74) is 1.85. The van der Waals surface area contributed by atoms with E-state index in [9.17, 15) is 4.79 Å². The Morgan fingerprint density at radius 1 is 1.60 bits per heavy atom. The van der Waals surface area contributed by atoms with E-state index in [2.05, 4.69) is 10.2 Å². The predicted octanol–water partition coefficient (Wildman–Crippen LogP) is 1.66. The first-order valence-electron chi connectivity index (χ1n) is 4.61. The number of aromatic nitrogens is 2. The molecule has 1 aromatic carbocycles. The van der Waals surface area contributed by atoms with E-state index in [1.807, 2.05) is 18.2 Å². The Balaban J connectivity index is 2.20. The smallest absolute Gasteiger partial charge is 0.317 e. The van der Waals surface area contributed by atoms with Crippen molar-refractivity contribution in [2.24, 2.45) is 0 Å². The maximum absolute atomic E-state index is 10.9. The quantitative estimate of drug-likeness (QED) is 0.767. The standard InChI is InChI=1S/C10H8N2O2S/c13-10(14)8-4-6-9-5(11-12-6)2-1-3-7(9)15-8/h1-3,8H,4H2,(H,11,12)(H,13,14). The SMILES string of the molecule is O=C(O)C1Cc2n[nH]c3cccc(c23)S1. The summed E-state index contributed by atoms with van der Waals surface area (Å²) in [6, 6.07) is 5.81. The number of nitrogens with one attached hydrogen (secondary N) is 1. The summed E-state index contributed by atoms with van der Waals surface area (Å²) < 4.78 is 0. The molecule has 0 saturated heterocycles. The van der Waals surface area contributed by atoms with Crippen LogP contribution in [0.1, 0.15) is 5.69 Å². The van der Waals surface area contributed by atoms with Gasteiger partial charge in [-0.1, -0.05) is 6.07 Å². The molecular weight excluding hydrogens is 212 g/mol. The summed E-state index contributed by atoms with van der Waals surface area (Å²) in [6.45, 7) is 0. The molecule has 1 atom stereocenters. The van der Waals surface area contributed by atoms with Gasteiger partial charge in [0.05, 0.1) is 11.2 Å². The number of carbonyl (C=O) groups is 1. The van der Waals surface area contributed by atoms with E-state index < -0.39 is 11.2 Å². The lowest BCUT2D eigenvalue weighted by molar-refractivity contribution is -0.136.